The van der Waals surface area contributed by atoms with Crippen molar-refractivity contribution >= 4 is 29.1 Å². The zero-order valence-electron chi connectivity index (χ0n) is 17.9. The van der Waals surface area contributed by atoms with Crippen LogP contribution in [0.2, 0.25) is 0 Å². The van der Waals surface area contributed by atoms with Gasteiger partial charge in [0.25, 0.3) is 11.8 Å². The Hall–Kier alpha value is -3.55. The molecule has 3 amide bonds. The highest BCUT2D eigenvalue weighted by molar-refractivity contribution is 6.07. The molecule has 0 unspecified atom stereocenters. The van der Waals surface area contributed by atoms with Gasteiger partial charge in [-0.2, -0.15) is 0 Å². The third kappa shape index (κ3) is 5.75. The van der Waals surface area contributed by atoms with E-state index in [2.05, 4.69) is 10.2 Å². The van der Waals surface area contributed by atoms with E-state index in [1.165, 1.54) is 11.3 Å². The standard InChI is InChI=1S/C23H28N4O4/c1-26(2)21(28)15-31-18-8-6-7-17(13-18)23(30)25-19-14-16(22(24)29)9-10-20(19)27-11-4-3-5-12-27/h6-10,13-14H,3-5,11-12,15H2,1-2H3,(H2,24,29)(H,25,30). The van der Waals surface area contributed by atoms with Gasteiger partial charge in [-0.3, -0.25) is 14.4 Å². The Morgan fingerprint density at radius 1 is 1.03 bits per heavy atom. The van der Waals surface area contributed by atoms with Gasteiger partial charge in [0.1, 0.15) is 5.75 Å². The third-order valence-electron chi connectivity index (χ3n) is 5.18. The molecule has 0 aromatic heterocycles. The van der Waals surface area contributed by atoms with Crippen LogP contribution >= 0.6 is 0 Å². The zero-order chi connectivity index (χ0) is 22.4. The first-order valence-electron chi connectivity index (χ1n) is 10.3. The Bertz CT molecular complexity index is 968. The topological polar surface area (TPSA) is 105 Å². The second-order valence-electron chi connectivity index (χ2n) is 7.70. The monoisotopic (exact) mass is 424 g/mol. The summed E-state index contributed by atoms with van der Waals surface area (Å²) < 4.78 is 5.50. The van der Waals surface area contributed by atoms with Crippen molar-refractivity contribution in [2.24, 2.45) is 5.73 Å². The highest BCUT2D eigenvalue weighted by atomic mass is 16.5. The average molecular weight is 425 g/mol. The fourth-order valence-corrected chi connectivity index (χ4v) is 3.40. The molecule has 1 heterocycles. The number of nitrogens with one attached hydrogen (secondary N) is 1. The molecule has 0 saturated carbocycles. The van der Waals surface area contributed by atoms with Crippen LogP contribution in [0.15, 0.2) is 42.5 Å². The summed E-state index contributed by atoms with van der Waals surface area (Å²) in [6.07, 6.45) is 3.34. The van der Waals surface area contributed by atoms with Gasteiger partial charge in [-0.15, -0.1) is 0 Å². The summed E-state index contributed by atoms with van der Waals surface area (Å²) in [5, 5.41) is 2.91. The molecular formula is C23H28N4O4. The summed E-state index contributed by atoms with van der Waals surface area (Å²) in [7, 11) is 3.30. The van der Waals surface area contributed by atoms with E-state index in [-0.39, 0.29) is 18.4 Å². The van der Waals surface area contributed by atoms with Gasteiger partial charge in [-0.1, -0.05) is 6.07 Å². The first-order valence-corrected chi connectivity index (χ1v) is 10.3. The number of ether oxygens (including phenoxy) is 1. The molecule has 3 rings (SSSR count). The molecule has 31 heavy (non-hydrogen) atoms. The van der Waals surface area contributed by atoms with Crippen LogP contribution in [0, 0.1) is 0 Å². The lowest BCUT2D eigenvalue weighted by Gasteiger charge is -2.30. The summed E-state index contributed by atoms with van der Waals surface area (Å²) in [6.45, 7) is 1.67. The van der Waals surface area contributed by atoms with Gasteiger partial charge in [-0.25, -0.2) is 0 Å². The highest BCUT2D eigenvalue weighted by Gasteiger charge is 2.18. The fraction of sp³-hybridized carbons (Fsp3) is 0.348. The number of benzene rings is 2. The molecule has 2 aromatic rings. The van der Waals surface area contributed by atoms with Crippen molar-refractivity contribution in [3.63, 3.8) is 0 Å². The van der Waals surface area contributed by atoms with E-state index < -0.39 is 5.91 Å². The minimum absolute atomic E-state index is 0.113. The fourth-order valence-electron chi connectivity index (χ4n) is 3.40. The molecular weight excluding hydrogens is 396 g/mol. The van der Waals surface area contributed by atoms with Crippen LogP contribution in [0.5, 0.6) is 5.75 Å². The Morgan fingerprint density at radius 3 is 2.45 bits per heavy atom. The lowest BCUT2D eigenvalue weighted by Crippen LogP contribution is -2.30. The zero-order valence-corrected chi connectivity index (χ0v) is 17.9. The normalized spacial score (nSPS) is 13.4. The largest absolute Gasteiger partial charge is 0.484 e. The number of anilines is 2. The lowest BCUT2D eigenvalue weighted by atomic mass is 10.1. The van der Waals surface area contributed by atoms with Crippen LogP contribution in [0.25, 0.3) is 0 Å². The van der Waals surface area contributed by atoms with E-state index in [0.29, 0.717) is 22.6 Å². The van der Waals surface area contributed by atoms with Gasteiger partial charge in [0.05, 0.1) is 11.4 Å². The number of hydrogen-bond donors (Lipinski definition) is 2. The number of piperidine rings is 1. The summed E-state index contributed by atoms with van der Waals surface area (Å²) >= 11 is 0. The quantitative estimate of drug-likeness (QED) is 0.711. The van der Waals surface area contributed by atoms with Crippen LogP contribution in [-0.4, -0.2) is 56.4 Å². The van der Waals surface area contributed by atoms with Crippen molar-refractivity contribution in [1.29, 1.82) is 0 Å². The minimum Gasteiger partial charge on any atom is -0.484 e. The molecule has 1 aliphatic rings. The van der Waals surface area contributed by atoms with E-state index in [9.17, 15) is 14.4 Å². The number of rotatable bonds is 7. The van der Waals surface area contributed by atoms with Crippen molar-refractivity contribution < 1.29 is 19.1 Å². The van der Waals surface area contributed by atoms with Crippen LogP contribution in [0.3, 0.4) is 0 Å². The Kier molecular flexibility index (Phi) is 7.12. The Balaban J connectivity index is 1.80. The molecule has 3 N–H and O–H groups in total. The molecule has 8 heteroatoms. The van der Waals surface area contributed by atoms with E-state index in [0.717, 1.165) is 31.6 Å². The molecule has 1 saturated heterocycles. The summed E-state index contributed by atoms with van der Waals surface area (Å²) in [6, 6.07) is 11.7. The molecule has 0 radical (unpaired) electrons. The number of carbonyl (C=O) groups is 3. The molecule has 1 fully saturated rings. The number of amides is 3. The number of hydrogen-bond acceptors (Lipinski definition) is 5. The Labute approximate surface area is 182 Å². The summed E-state index contributed by atoms with van der Waals surface area (Å²) in [5.41, 5.74) is 7.55. The van der Waals surface area contributed by atoms with Crippen molar-refractivity contribution in [3.05, 3.63) is 53.6 Å². The highest BCUT2D eigenvalue weighted by Crippen LogP contribution is 2.30. The van der Waals surface area contributed by atoms with Crippen molar-refractivity contribution in [2.45, 2.75) is 19.3 Å². The maximum Gasteiger partial charge on any atom is 0.259 e. The van der Waals surface area contributed by atoms with Gasteiger partial charge in [-0.05, 0) is 55.7 Å². The maximum absolute atomic E-state index is 13.0. The van der Waals surface area contributed by atoms with Crippen LogP contribution in [0.1, 0.15) is 40.0 Å². The second kappa shape index (κ2) is 9.97. The Morgan fingerprint density at radius 2 is 1.77 bits per heavy atom. The van der Waals surface area contributed by atoms with Crippen LogP contribution in [0.4, 0.5) is 11.4 Å². The molecule has 0 bridgehead atoms. The minimum atomic E-state index is -0.554. The average Bonchev–Trinajstić information content (AvgIpc) is 2.78. The van der Waals surface area contributed by atoms with E-state index in [1.54, 1.807) is 50.5 Å². The molecule has 1 aliphatic heterocycles. The number of carbonyl (C=O) groups excluding carboxylic acids is 3. The summed E-state index contributed by atoms with van der Waals surface area (Å²) in [5.74, 6) is -0.653. The van der Waals surface area contributed by atoms with Gasteiger partial charge < -0.3 is 25.6 Å². The number of likely N-dealkylation sites (N-methyl/N-ethyl adjacent to an activating group) is 1. The van der Waals surface area contributed by atoms with E-state index in [1.807, 2.05) is 6.07 Å². The lowest BCUT2D eigenvalue weighted by molar-refractivity contribution is -0.130. The molecule has 164 valence electrons. The van der Waals surface area contributed by atoms with Crippen molar-refractivity contribution in [3.8, 4) is 5.75 Å². The SMILES string of the molecule is CN(C)C(=O)COc1cccc(C(=O)Nc2cc(C(N)=O)ccc2N2CCCCC2)c1. The van der Waals surface area contributed by atoms with E-state index in [4.69, 9.17) is 10.5 Å². The van der Waals surface area contributed by atoms with Crippen molar-refractivity contribution in [2.75, 3.05) is 44.0 Å². The van der Waals surface area contributed by atoms with Gasteiger partial charge in [0.15, 0.2) is 6.61 Å². The predicted octanol–water partition coefficient (Wildman–Crippen LogP) is 2.50. The first kappa shape index (κ1) is 22.1. The molecule has 0 spiro atoms. The number of nitrogens with two attached hydrogens (primary N) is 1. The van der Waals surface area contributed by atoms with Gasteiger partial charge in [0, 0.05) is 38.3 Å². The molecule has 0 atom stereocenters. The molecule has 2 aromatic carbocycles. The summed E-state index contributed by atoms with van der Waals surface area (Å²) in [4.78, 5) is 40.0. The van der Waals surface area contributed by atoms with Gasteiger partial charge in [0.2, 0.25) is 5.91 Å². The van der Waals surface area contributed by atoms with Crippen LogP contribution < -0.4 is 20.7 Å². The van der Waals surface area contributed by atoms with Crippen LogP contribution in [-0.2, 0) is 4.79 Å². The van der Waals surface area contributed by atoms with E-state index >= 15 is 0 Å². The second-order valence-corrected chi connectivity index (χ2v) is 7.70. The first-order chi connectivity index (χ1) is 14.8. The number of primary amides is 1. The maximum atomic E-state index is 13.0. The third-order valence-corrected chi connectivity index (χ3v) is 5.18. The van der Waals surface area contributed by atoms with Gasteiger partial charge >= 0.3 is 0 Å². The molecule has 0 aliphatic carbocycles. The molecule has 8 nitrogen and oxygen atoms in total. The van der Waals surface area contributed by atoms with Crippen molar-refractivity contribution in [1.82, 2.24) is 4.90 Å². The predicted molar refractivity (Wildman–Crippen MR) is 120 cm³/mol. The smallest absolute Gasteiger partial charge is 0.259 e. The number of nitrogens with zero attached hydrogens (tertiary/aromatic N) is 2.